The number of pyridine rings is 2. The third kappa shape index (κ3) is 3.70. The lowest BCUT2D eigenvalue weighted by atomic mass is 9.83. The number of halogens is 1. The monoisotopic (exact) mass is 462 g/mol. The second-order valence-corrected chi connectivity index (χ2v) is 8.71. The molecule has 0 aliphatic carbocycles. The Bertz CT molecular complexity index is 1310. The summed E-state index contributed by atoms with van der Waals surface area (Å²) in [7, 11) is 1.63. The van der Waals surface area contributed by atoms with E-state index in [1.165, 1.54) is 11.2 Å². The van der Waals surface area contributed by atoms with E-state index in [-0.39, 0.29) is 11.2 Å². The lowest BCUT2D eigenvalue weighted by molar-refractivity contribution is -0.0775. The summed E-state index contributed by atoms with van der Waals surface area (Å²) in [5.74, 6) is 12.9. The molecule has 3 aromatic rings. The fourth-order valence-corrected chi connectivity index (χ4v) is 4.45. The van der Waals surface area contributed by atoms with Crippen molar-refractivity contribution >= 4 is 33.8 Å². The van der Waals surface area contributed by atoms with Gasteiger partial charge in [-0.25, -0.2) is 15.2 Å². The lowest BCUT2D eigenvalue weighted by Crippen LogP contribution is -2.40. The van der Waals surface area contributed by atoms with Crippen LogP contribution in [0.1, 0.15) is 24.5 Å². The van der Waals surface area contributed by atoms with Gasteiger partial charge < -0.3 is 25.1 Å². The summed E-state index contributed by atoms with van der Waals surface area (Å²) in [6.45, 7) is 4.73. The van der Waals surface area contributed by atoms with E-state index in [4.69, 9.17) is 21.1 Å². The Balaban J connectivity index is 1.68. The topological polar surface area (TPSA) is 103 Å². The normalized spacial score (nSPS) is 16.8. The van der Waals surface area contributed by atoms with Crippen LogP contribution in [0.4, 0.5) is 27.4 Å². The Hall–Kier alpha value is -3.45. The standard InChI is InChI=1S/C25H27FN6O2/c1-3-25(14-34-15-25)8-7-16-5-4-6-20-18(16)13-33-10-9-32(20)24-21-17(11-29-12-19(21)26)22(31(2)28)23(27)30-24/h4-6,11-12H,3,9-10,13-15,28H2,1-2H3,(H2,27,30). The van der Waals surface area contributed by atoms with Crippen molar-refractivity contribution in [2.75, 3.05) is 49.1 Å². The average molecular weight is 463 g/mol. The van der Waals surface area contributed by atoms with E-state index < -0.39 is 5.82 Å². The third-order valence-corrected chi connectivity index (χ3v) is 6.50. The fraction of sp³-hybridized carbons (Fsp3) is 0.360. The maximum atomic E-state index is 15.2. The first-order valence-corrected chi connectivity index (χ1v) is 11.2. The molecule has 5 rings (SSSR count). The molecule has 0 saturated carbocycles. The summed E-state index contributed by atoms with van der Waals surface area (Å²) in [5.41, 5.74) is 9.28. The van der Waals surface area contributed by atoms with Gasteiger partial charge in [-0.15, -0.1) is 0 Å². The van der Waals surface area contributed by atoms with E-state index in [9.17, 15) is 0 Å². The SMILES string of the molecule is CCC1(C#Cc2cccc3c2COCCN3c2nc(N)c(N(C)N)c3cncc(F)c23)COC1. The minimum absolute atomic E-state index is 0.0968. The summed E-state index contributed by atoms with van der Waals surface area (Å²) in [4.78, 5) is 10.6. The third-order valence-electron chi connectivity index (χ3n) is 6.50. The molecule has 8 nitrogen and oxygen atoms in total. The molecular weight excluding hydrogens is 435 g/mol. The van der Waals surface area contributed by atoms with E-state index in [0.29, 0.717) is 55.2 Å². The van der Waals surface area contributed by atoms with Gasteiger partial charge in [-0.05, 0) is 18.6 Å². The molecule has 1 saturated heterocycles. The molecule has 0 amide bonds. The van der Waals surface area contributed by atoms with E-state index in [0.717, 1.165) is 23.2 Å². The zero-order chi connectivity index (χ0) is 23.9. The largest absolute Gasteiger partial charge is 0.382 e. The number of hydrazine groups is 1. The van der Waals surface area contributed by atoms with Crippen LogP contribution in [0, 0.1) is 23.1 Å². The van der Waals surface area contributed by atoms with Gasteiger partial charge in [0.15, 0.2) is 11.6 Å². The predicted octanol–water partition coefficient (Wildman–Crippen LogP) is 3.11. The van der Waals surface area contributed by atoms with Crippen LogP contribution in [0.25, 0.3) is 10.8 Å². The zero-order valence-corrected chi connectivity index (χ0v) is 19.3. The number of nitrogens with zero attached hydrogens (tertiary/aromatic N) is 4. The van der Waals surface area contributed by atoms with Gasteiger partial charge in [-0.3, -0.25) is 4.98 Å². The molecule has 34 heavy (non-hydrogen) atoms. The van der Waals surface area contributed by atoms with E-state index in [1.807, 2.05) is 23.1 Å². The Morgan fingerprint density at radius 1 is 1.26 bits per heavy atom. The second-order valence-electron chi connectivity index (χ2n) is 8.71. The summed E-state index contributed by atoms with van der Waals surface area (Å²) >= 11 is 0. The molecule has 9 heteroatoms. The maximum absolute atomic E-state index is 15.2. The van der Waals surface area contributed by atoms with Gasteiger partial charge in [0, 0.05) is 42.0 Å². The maximum Gasteiger partial charge on any atom is 0.153 e. The molecule has 2 aromatic heterocycles. The van der Waals surface area contributed by atoms with E-state index in [1.54, 1.807) is 13.2 Å². The summed E-state index contributed by atoms with van der Waals surface area (Å²) in [6, 6.07) is 5.91. The van der Waals surface area contributed by atoms with Crippen LogP contribution < -0.4 is 21.5 Å². The summed E-state index contributed by atoms with van der Waals surface area (Å²) < 4.78 is 26.5. The molecule has 2 aliphatic heterocycles. The van der Waals surface area contributed by atoms with E-state index in [2.05, 4.69) is 28.7 Å². The van der Waals surface area contributed by atoms with Gasteiger partial charge in [0.05, 0.1) is 43.4 Å². The molecule has 176 valence electrons. The predicted molar refractivity (Wildman–Crippen MR) is 130 cm³/mol. The van der Waals surface area contributed by atoms with Gasteiger partial charge in [-0.2, -0.15) is 0 Å². The number of anilines is 4. The van der Waals surface area contributed by atoms with Crippen LogP contribution in [-0.2, 0) is 16.1 Å². The molecule has 2 aliphatic rings. The smallest absolute Gasteiger partial charge is 0.153 e. The molecular formula is C25H27FN6O2. The fourth-order valence-electron chi connectivity index (χ4n) is 4.45. The van der Waals surface area contributed by atoms with Crippen molar-refractivity contribution in [1.29, 1.82) is 0 Å². The van der Waals surface area contributed by atoms with Gasteiger partial charge in [-0.1, -0.05) is 24.8 Å². The molecule has 1 aromatic carbocycles. The molecule has 0 spiro atoms. The molecule has 1 fully saturated rings. The average Bonchev–Trinajstić information content (AvgIpc) is 3.01. The van der Waals surface area contributed by atoms with Crippen molar-refractivity contribution in [3.8, 4) is 11.8 Å². The number of hydrogen-bond donors (Lipinski definition) is 2. The lowest BCUT2D eigenvalue weighted by Gasteiger charge is -2.35. The Morgan fingerprint density at radius 2 is 2.09 bits per heavy atom. The minimum Gasteiger partial charge on any atom is -0.382 e. The van der Waals surface area contributed by atoms with Crippen molar-refractivity contribution in [3.05, 3.63) is 47.5 Å². The number of nitrogen functional groups attached to an aromatic ring is 1. The second kappa shape index (κ2) is 8.72. The van der Waals surface area contributed by atoms with E-state index >= 15 is 4.39 Å². The molecule has 0 radical (unpaired) electrons. The van der Waals surface area contributed by atoms with Gasteiger partial charge in [0.2, 0.25) is 0 Å². The molecule has 0 unspecified atom stereocenters. The van der Waals surface area contributed by atoms with Crippen LogP contribution in [0.5, 0.6) is 0 Å². The molecule has 4 heterocycles. The quantitative estimate of drug-likeness (QED) is 0.348. The first kappa shape index (κ1) is 22.3. The van der Waals surface area contributed by atoms with Crippen LogP contribution >= 0.6 is 0 Å². The van der Waals surface area contributed by atoms with Crippen molar-refractivity contribution in [3.63, 3.8) is 0 Å². The number of ether oxygens (including phenoxy) is 2. The highest BCUT2D eigenvalue weighted by molar-refractivity contribution is 6.05. The highest BCUT2D eigenvalue weighted by atomic mass is 19.1. The minimum atomic E-state index is -0.499. The van der Waals surface area contributed by atoms with Gasteiger partial charge in [0.1, 0.15) is 11.5 Å². The zero-order valence-electron chi connectivity index (χ0n) is 19.3. The van der Waals surface area contributed by atoms with Gasteiger partial charge in [0.25, 0.3) is 0 Å². The molecule has 0 bridgehead atoms. The van der Waals surface area contributed by atoms with Crippen LogP contribution in [0.2, 0.25) is 0 Å². The van der Waals surface area contributed by atoms with Crippen LogP contribution in [0.15, 0.2) is 30.6 Å². The Kier molecular flexibility index (Phi) is 5.73. The summed E-state index contributed by atoms with van der Waals surface area (Å²) in [6.07, 6.45) is 3.66. The number of nitrogens with two attached hydrogens (primary N) is 2. The summed E-state index contributed by atoms with van der Waals surface area (Å²) in [5, 5.41) is 2.12. The molecule has 4 N–H and O–H groups in total. The Morgan fingerprint density at radius 3 is 2.79 bits per heavy atom. The van der Waals surface area contributed by atoms with Crippen LogP contribution in [0.3, 0.4) is 0 Å². The van der Waals surface area contributed by atoms with Crippen molar-refractivity contribution in [2.24, 2.45) is 11.3 Å². The Labute approximate surface area is 197 Å². The highest BCUT2D eigenvalue weighted by Gasteiger charge is 2.35. The first-order valence-electron chi connectivity index (χ1n) is 11.2. The van der Waals surface area contributed by atoms with Crippen molar-refractivity contribution in [2.45, 2.75) is 20.0 Å². The first-order chi connectivity index (χ1) is 16.4. The highest BCUT2D eigenvalue weighted by Crippen LogP contribution is 2.41. The number of benzene rings is 1. The van der Waals surface area contributed by atoms with Crippen molar-refractivity contribution < 1.29 is 13.9 Å². The van der Waals surface area contributed by atoms with Crippen LogP contribution in [-0.4, -0.2) is 43.4 Å². The molecule has 0 atom stereocenters. The number of hydrogen-bond acceptors (Lipinski definition) is 8. The number of fused-ring (bicyclic) bond motifs is 2. The van der Waals surface area contributed by atoms with Gasteiger partial charge >= 0.3 is 0 Å². The number of aromatic nitrogens is 2. The van der Waals surface area contributed by atoms with Crippen molar-refractivity contribution in [1.82, 2.24) is 9.97 Å². The number of rotatable bonds is 3.